The van der Waals surface area contributed by atoms with Crippen LogP contribution in [0.1, 0.15) is 41.4 Å². The van der Waals surface area contributed by atoms with Crippen LogP contribution in [0.5, 0.6) is 0 Å². The summed E-state index contributed by atoms with van der Waals surface area (Å²) in [5, 5.41) is 2.98. The van der Waals surface area contributed by atoms with E-state index in [0.29, 0.717) is 18.1 Å². The topological polar surface area (TPSA) is 58.1 Å². The molecule has 4 rings (SSSR count). The summed E-state index contributed by atoms with van der Waals surface area (Å²) in [7, 11) is 0. The van der Waals surface area contributed by atoms with Crippen LogP contribution in [0.2, 0.25) is 0 Å². The predicted molar refractivity (Wildman–Crippen MR) is 116 cm³/mol. The van der Waals surface area contributed by atoms with Gasteiger partial charge in [0.25, 0.3) is 5.91 Å². The molecule has 0 aliphatic carbocycles. The molecule has 3 aromatic rings. The van der Waals surface area contributed by atoms with Gasteiger partial charge in [-0.1, -0.05) is 67.9 Å². The van der Waals surface area contributed by atoms with Crippen molar-refractivity contribution in [2.75, 3.05) is 18.0 Å². The largest absolute Gasteiger partial charge is 0.352 e. The molecule has 1 N–H and O–H groups in total. The second kappa shape index (κ2) is 8.86. The molecule has 0 spiro atoms. The summed E-state index contributed by atoms with van der Waals surface area (Å²) in [6.07, 6.45) is 2.97. The van der Waals surface area contributed by atoms with Crippen LogP contribution in [0.3, 0.4) is 0 Å². The Morgan fingerprint density at radius 3 is 2.59 bits per heavy atom. The Hall–Kier alpha value is -3.21. The molecule has 0 bridgehead atoms. The Balaban J connectivity index is 1.67. The molecule has 0 atom stereocenters. The number of aromatic nitrogens is 2. The van der Waals surface area contributed by atoms with Gasteiger partial charge in [0.05, 0.1) is 0 Å². The average molecular weight is 386 g/mol. The van der Waals surface area contributed by atoms with Crippen molar-refractivity contribution in [2.45, 2.75) is 32.7 Å². The molecule has 1 aliphatic rings. The Morgan fingerprint density at radius 2 is 1.79 bits per heavy atom. The second-order valence-electron chi connectivity index (χ2n) is 7.35. The van der Waals surface area contributed by atoms with Crippen molar-refractivity contribution in [2.24, 2.45) is 0 Å². The molecule has 2 heterocycles. The molecule has 0 fully saturated rings. The molecule has 2 aromatic carbocycles. The van der Waals surface area contributed by atoms with Gasteiger partial charge in [0.2, 0.25) is 0 Å². The van der Waals surface area contributed by atoms with Crippen LogP contribution in [-0.2, 0) is 13.0 Å². The van der Waals surface area contributed by atoms with Gasteiger partial charge in [-0.15, -0.1) is 0 Å². The Labute approximate surface area is 171 Å². The zero-order chi connectivity index (χ0) is 20.1. The number of carbonyl (C=O) groups is 1. The number of carbonyl (C=O) groups excluding carboxylic acids is 1. The highest BCUT2D eigenvalue weighted by Crippen LogP contribution is 2.26. The molecule has 148 valence electrons. The smallest absolute Gasteiger partial charge is 0.270 e. The molecule has 0 saturated heterocycles. The third-order valence-corrected chi connectivity index (χ3v) is 5.25. The summed E-state index contributed by atoms with van der Waals surface area (Å²) in [4.78, 5) is 24.3. The number of anilines is 1. The first-order chi connectivity index (χ1) is 14.2. The van der Waals surface area contributed by atoms with Crippen LogP contribution in [0, 0.1) is 0 Å². The minimum atomic E-state index is -0.142. The molecular weight excluding hydrogens is 360 g/mol. The highest BCUT2D eigenvalue weighted by atomic mass is 16.1. The predicted octanol–water partition coefficient (Wildman–Crippen LogP) is 4.24. The van der Waals surface area contributed by atoms with E-state index in [1.807, 2.05) is 36.4 Å². The van der Waals surface area contributed by atoms with Crippen LogP contribution < -0.4 is 10.2 Å². The maximum atomic E-state index is 12.7. The highest BCUT2D eigenvalue weighted by Gasteiger charge is 2.20. The SMILES string of the molecule is CCCCNC(=O)c1cc(N2CCc3ccccc3C2)nc(-c2ccccc2)n1. The number of fused-ring (bicyclic) bond motifs is 1. The number of amides is 1. The van der Waals surface area contributed by atoms with E-state index in [0.717, 1.165) is 43.7 Å². The maximum Gasteiger partial charge on any atom is 0.270 e. The summed E-state index contributed by atoms with van der Waals surface area (Å²) in [6, 6.07) is 20.2. The zero-order valence-electron chi connectivity index (χ0n) is 16.8. The molecule has 0 radical (unpaired) electrons. The molecule has 5 heteroatoms. The van der Waals surface area contributed by atoms with Crippen molar-refractivity contribution in [3.63, 3.8) is 0 Å². The lowest BCUT2D eigenvalue weighted by atomic mass is 10.00. The quantitative estimate of drug-likeness (QED) is 0.644. The fraction of sp³-hybridized carbons (Fsp3) is 0.292. The molecule has 0 unspecified atom stereocenters. The second-order valence-corrected chi connectivity index (χ2v) is 7.35. The van der Waals surface area contributed by atoms with Crippen molar-refractivity contribution in [3.8, 4) is 11.4 Å². The minimum absolute atomic E-state index is 0.142. The summed E-state index contributed by atoms with van der Waals surface area (Å²) in [5.74, 6) is 1.24. The van der Waals surface area contributed by atoms with Crippen LogP contribution in [0.4, 0.5) is 5.82 Å². The van der Waals surface area contributed by atoms with Crippen LogP contribution >= 0.6 is 0 Å². The molecule has 1 aliphatic heterocycles. The fourth-order valence-corrected chi connectivity index (χ4v) is 3.59. The van der Waals surface area contributed by atoms with Crippen molar-refractivity contribution < 1.29 is 4.79 Å². The first-order valence-electron chi connectivity index (χ1n) is 10.3. The molecule has 0 saturated carbocycles. The van der Waals surface area contributed by atoms with Crippen molar-refractivity contribution in [1.82, 2.24) is 15.3 Å². The Kier molecular flexibility index (Phi) is 5.84. The Morgan fingerprint density at radius 1 is 1.03 bits per heavy atom. The Bertz CT molecular complexity index is 987. The van der Waals surface area contributed by atoms with Gasteiger partial charge >= 0.3 is 0 Å². The van der Waals surface area contributed by atoms with Crippen LogP contribution in [0.25, 0.3) is 11.4 Å². The van der Waals surface area contributed by atoms with Crippen molar-refractivity contribution in [1.29, 1.82) is 0 Å². The number of hydrogen-bond donors (Lipinski definition) is 1. The molecular formula is C24H26N4O. The summed E-state index contributed by atoms with van der Waals surface area (Å²) < 4.78 is 0. The van der Waals surface area contributed by atoms with Gasteiger partial charge in [-0.3, -0.25) is 4.79 Å². The molecule has 1 amide bonds. The summed E-state index contributed by atoms with van der Waals surface area (Å²) in [6.45, 7) is 4.43. The minimum Gasteiger partial charge on any atom is -0.352 e. The van der Waals surface area contributed by atoms with E-state index in [4.69, 9.17) is 4.98 Å². The van der Waals surface area contributed by atoms with E-state index < -0.39 is 0 Å². The van der Waals surface area contributed by atoms with Gasteiger partial charge in [-0.05, 0) is 24.0 Å². The van der Waals surface area contributed by atoms with Crippen LogP contribution in [-0.4, -0.2) is 29.0 Å². The molecule has 29 heavy (non-hydrogen) atoms. The van der Waals surface area contributed by atoms with Crippen molar-refractivity contribution in [3.05, 3.63) is 77.5 Å². The van der Waals surface area contributed by atoms with Gasteiger partial charge < -0.3 is 10.2 Å². The summed E-state index contributed by atoms with van der Waals surface area (Å²) >= 11 is 0. The highest BCUT2D eigenvalue weighted by molar-refractivity contribution is 5.93. The van der Waals surface area contributed by atoms with Crippen molar-refractivity contribution >= 4 is 11.7 Å². The van der Waals surface area contributed by atoms with E-state index in [-0.39, 0.29) is 5.91 Å². The van der Waals surface area contributed by atoms with Crippen LogP contribution in [0.15, 0.2) is 60.7 Å². The molecule has 5 nitrogen and oxygen atoms in total. The van der Waals surface area contributed by atoms with Gasteiger partial charge in [-0.2, -0.15) is 0 Å². The monoisotopic (exact) mass is 386 g/mol. The number of hydrogen-bond acceptors (Lipinski definition) is 4. The van der Waals surface area contributed by atoms with E-state index >= 15 is 0 Å². The normalized spacial score (nSPS) is 13.1. The molecule has 1 aromatic heterocycles. The van der Waals surface area contributed by atoms with Gasteiger partial charge in [0.15, 0.2) is 5.82 Å². The zero-order valence-corrected chi connectivity index (χ0v) is 16.8. The third-order valence-electron chi connectivity index (χ3n) is 5.25. The first-order valence-corrected chi connectivity index (χ1v) is 10.3. The number of nitrogens with zero attached hydrogens (tertiary/aromatic N) is 3. The average Bonchev–Trinajstić information content (AvgIpc) is 2.79. The van der Waals surface area contributed by atoms with E-state index in [2.05, 4.69) is 46.4 Å². The maximum absolute atomic E-state index is 12.7. The number of unbranched alkanes of at least 4 members (excludes halogenated alkanes) is 1. The van der Waals surface area contributed by atoms with E-state index in [1.54, 1.807) is 0 Å². The van der Waals surface area contributed by atoms with Gasteiger partial charge in [0, 0.05) is 31.3 Å². The third kappa shape index (κ3) is 4.45. The lowest BCUT2D eigenvalue weighted by Crippen LogP contribution is -2.32. The van der Waals surface area contributed by atoms with Gasteiger partial charge in [0.1, 0.15) is 11.5 Å². The standard InChI is InChI=1S/C24H26N4O/c1-2-3-14-25-24(29)21-16-22(27-23(26-21)19-10-5-4-6-11-19)28-15-13-18-9-7-8-12-20(18)17-28/h4-12,16H,2-3,13-15,17H2,1H3,(H,25,29). The van der Waals surface area contributed by atoms with E-state index in [9.17, 15) is 4.79 Å². The van der Waals surface area contributed by atoms with Gasteiger partial charge in [-0.25, -0.2) is 9.97 Å². The first kappa shape index (κ1) is 19.1. The van der Waals surface area contributed by atoms with E-state index in [1.165, 1.54) is 11.1 Å². The summed E-state index contributed by atoms with van der Waals surface area (Å²) in [5.41, 5.74) is 4.03. The lowest BCUT2D eigenvalue weighted by Gasteiger charge is -2.30. The lowest BCUT2D eigenvalue weighted by molar-refractivity contribution is 0.0948. The number of benzene rings is 2. The number of nitrogens with one attached hydrogen (secondary N) is 1. The number of rotatable bonds is 6. The fourth-order valence-electron chi connectivity index (χ4n) is 3.59.